The standard InChI is InChI=1S/C30H34N4O2S/c1-20(2)25-9-7-8-10-26(25)34-28(21-11-17-24(36-6)18-12-21)32-33-29(34)37-19-27(35)31-23-15-13-22(14-16-23)30(3,4)5/h7-18,20H,19H2,1-6H3,(H,31,35). The summed E-state index contributed by atoms with van der Waals surface area (Å²) in [5.74, 6) is 1.92. The number of carbonyl (C=O) groups excluding carboxylic acids is 1. The summed E-state index contributed by atoms with van der Waals surface area (Å²) in [7, 11) is 1.65. The maximum Gasteiger partial charge on any atom is 0.234 e. The zero-order chi connectivity index (χ0) is 26.6. The van der Waals surface area contributed by atoms with Gasteiger partial charge in [0.1, 0.15) is 5.75 Å². The topological polar surface area (TPSA) is 69.0 Å². The van der Waals surface area contributed by atoms with Crippen molar-refractivity contribution in [3.8, 4) is 22.8 Å². The zero-order valence-electron chi connectivity index (χ0n) is 22.3. The molecule has 0 spiro atoms. The van der Waals surface area contributed by atoms with E-state index < -0.39 is 0 Å². The van der Waals surface area contributed by atoms with Crippen LogP contribution in [0.1, 0.15) is 51.7 Å². The minimum atomic E-state index is -0.0915. The first kappa shape index (κ1) is 26.5. The Hall–Kier alpha value is -3.58. The normalized spacial score (nSPS) is 11.5. The second-order valence-corrected chi connectivity index (χ2v) is 11.2. The first-order valence-corrected chi connectivity index (χ1v) is 13.4. The molecule has 6 nitrogen and oxygen atoms in total. The van der Waals surface area contributed by atoms with Crippen LogP contribution in [0.3, 0.4) is 0 Å². The second-order valence-electron chi connectivity index (χ2n) is 10.2. The fraction of sp³-hybridized carbons (Fsp3) is 0.300. The van der Waals surface area contributed by atoms with E-state index in [1.165, 1.54) is 22.9 Å². The highest BCUT2D eigenvalue weighted by molar-refractivity contribution is 7.99. The van der Waals surface area contributed by atoms with Crippen molar-refractivity contribution in [1.29, 1.82) is 0 Å². The maximum absolute atomic E-state index is 12.8. The molecule has 0 aliphatic rings. The van der Waals surface area contributed by atoms with Crippen LogP contribution in [0.4, 0.5) is 5.69 Å². The Balaban J connectivity index is 1.61. The average molecular weight is 515 g/mol. The minimum Gasteiger partial charge on any atom is -0.497 e. The fourth-order valence-corrected chi connectivity index (χ4v) is 4.81. The quantitative estimate of drug-likeness (QED) is 0.254. The summed E-state index contributed by atoms with van der Waals surface area (Å²) in [6, 6.07) is 24.0. The highest BCUT2D eigenvalue weighted by Crippen LogP contribution is 2.33. The molecule has 3 aromatic carbocycles. The number of hydrogen-bond donors (Lipinski definition) is 1. The Labute approximate surface area is 223 Å². The van der Waals surface area contributed by atoms with Gasteiger partial charge in [0.2, 0.25) is 5.91 Å². The Morgan fingerprint density at radius 2 is 1.65 bits per heavy atom. The van der Waals surface area contributed by atoms with Gasteiger partial charge in [-0.25, -0.2) is 0 Å². The summed E-state index contributed by atoms with van der Waals surface area (Å²) in [5, 5.41) is 12.7. The van der Waals surface area contributed by atoms with E-state index in [1.54, 1.807) is 7.11 Å². The van der Waals surface area contributed by atoms with Gasteiger partial charge in [-0.1, -0.05) is 76.7 Å². The van der Waals surface area contributed by atoms with Crippen molar-refractivity contribution in [2.24, 2.45) is 0 Å². The SMILES string of the molecule is COc1ccc(-c2nnc(SCC(=O)Nc3ccc(C(C)(C)C)cc3)n2-c2ccccc2C(C)C)cc1. The van der Waals surface area contributed by atoms with Crippen LogP contribution in [0.5, 0.6) is 5.75 Å². The summed E-state index contributed by atoms with van der Waals surface area (Å²) in [6.45, 7) is 10.9. The number of ether oxygens (including phenoxy) is 1. The van der Waals surface area contributed by atoms with E-state index in [-0.39, 0.29) is 17.1 Å². The van der Waals surface area contributed by atoms with Crippen molar-refractivity contribution in [2.75, 3.05) is 18.2 Å². The first-order valence-electron chi connectivity index (χ1n) is 12.4. The van der Waals surface area contributed by atoms with E-state index in [0.717, 1.165) is 28.5 Å². The van der Waals surface area contributed by atoms with Crippen LogP contribution in [-0.4, -0.2) is 33.5 Å². The smallest absolute Gasteiger partial charge is 0.234 e. The van der Waals surface area contributed by atoms with Crippen LogP contribution in [0.25, 0.3) is 17.1 Å². The number of aromatic nitrogens is 3. The van der Waals surface area contributed by atoms with Crippen molar-refractivity contribution < 1.29 is 9.53 Å². The maximum atomic E-state index is 12.8. The number of nitrogens with one attached hydrogen (secondary N) is 1. The molecule has 0 aliphatic carbocycles. The number of nitrogens with zero attached hydrogens (tertiary/aromatic N) is 3. The summed E-state index contributed by atoms with van der Waals surface area (Å²) in [6.07, 6.45) is 0. The zero-order valence-corrected chi connectivity index (χ0v) is 23.1. The Morgan fingerprint density at radius 3 is 2.27 bits per heavy atom. The van der Waals surface area contributed by atoms with Crippen LogP contribution >= 0.6 is 11.8 Å². The predicted octanol–water partition coefficient (Wildman–Crippen LogP) is 7.09. The first-order chi connectivity index (χ1) is 17.7. The molecule has 1 N–H and O–H groups in total. The monoisotopic (exact) mass is 514 g/mol. The fourth-order valence-electron chi connectivity index (χ4n) is 4.07. The van der Waals surface area contributed by atoms with Gasteiger partial charge in [-0.2, -0.15) is 0 Å². The van der Waals surface area contributed by atoms with Gasteiger partial charge in [0.05, 0.1) is 18.6 Å². The van der Waals surface area contributed by atoms with Crippen molar-refractivity contribution >= 4 is 23.4 Å². The Kier molecular flexibility index (Phi) is 8.03. The molecule has 1 amide bonds. The van der Waals surface area contributed by atoms with Crippen molar-refractivity contribution in [1.82, 2.24) is 14.8 Å². The molecule has 0 saturated carbocycles. The molecular weight excluding hydrogens is 480 g/mol. The number of thioether (sulfide) groups is 1. The third kappa shape index (κ3) is 6.23. The molecule has 0 radical (unpaired) electrons. The van der Waals surface area contributed by atoms with Gasteiger partial charge in [-0.05, 0) is 64.9 Å². The molecule has 0 fully saturated rings. The van der Waals surface area contributed by atoms with Crippen LogP contribution in [0, 0.1) is 0 Å². The number of methoxy groups -OCH3 is 1. The molecule has 7 heteroatoms. The number of anilines is 1. The summed E-state index contributed by atoms with van der Waals surface area (Å²) in [5.41, 5.74) is 5.18. The second kappa shape index (κ2) is 11.2. The highest BCUT2D eigenvalue weighted by atomic mass is 32.2. The molecule has 1 aromatic heterocycles. The van der Waals surface area contributed by atoms with Crippen molar-refractivity contribution in [3.05, 3.63) is 83.9 Å². The molecule has 0 aliphatic heterocycles. The van der Waals surface area contributed by atoms with Gasteiger partial charge in [-0.15, -0.1) is 10.2 Å². The van der Waals surface area contributed by atoms with E-state index in [0.29, 0.717) is 11.1 Å². The molecule has 4 rings (SSSR count). The van der Waals surface area contributed by atoms with Gasteiger partial charge < -0.3 is 10.1 Å². The van der Waals surface area contributed by atoms with E-state index >= 15 is 0 Å². The Bertz CT molecular complexity index is 1350. The van der Waals surface area contributed by atoms with Crippen molar-refractivity contribution in [2.45, 2.75) is 51.1 Å². The van der Waals surface area contributed by atoms with Crippen molar-refractivity contribution in [3.63, 3.8) is 0 Å². The summed E-state index contributed by atoms with van der Waals surface area (Å²) >= 11 is 1.37. The lowest BCUT2D eigenvalue weighted by Gasteiger charge is -2.19. The Morgan fingerprint density at radius 1 is 0.973 bits per heavy atom. The minimum absolute atomic E-state index is 0.0658. The van der Waals surface area contributed by atoms with Gasteiger partial charge in [0.15, 0.2) is 11.0 Å². The number of hydrogen-bond acceptors (Lipinski definition) is 5. The van der Waals surface area contributed by atoms with Crippen LogP contribution < -0.4 is 10.1 Å². The van der Waals surface area contributed by atoms with E-state index in [4.69, 9.17) is 4.74 Å². The number of amides is 1. The van der Waals surface area contributed by atoms with E-state index in [2.05, 4.69) is 74.4 Å². The summed E-state index contributed by atoms with van der Waals surface area (Å²) < 4.78 is 7.37. The van der Waals surface area contributed by atoms with Gasteiger partial charge in [0.25, 0.3) is 0 Å². The molecule has 0 unspecified atom stereocenters. The van der Waals surface area contributed by atoms with Crippen LogP contribution in [-0.2, 0) is 10.2 Å². The number of carbonyl (C=O) groups is 1. The molecule has 192 valence electrons. The molecule has 4 aromatic rings. The van der Waals surface area contributed by atoms with Gasteiger partial charge >= 0.3 is 0 Å². The predicted molar refractivity (Wildman–Crippen MR) is 152 cm³/mol. The third-order valence-corrected chi connectivity index (χ3v) is 7.08. The molecule has 0 bridgehead atoms. The third-order valence-electron chi connectivity index (χ3n) is 6.15. The van der Waals surface area contributed by atoms with Gasteiger partial charge in [0, 0.05) is 11.3 Å². The molecule has 1 heterocycles. The number of rotatable bonds is 8. The van der Waals surface area contributed by atoms with E-state index in [1.807, 2.05) is 53.1 Å². The lowest BCUT2D eigenvalue weighted by molar-refractivity contribution is -0.113. The van der Waals surface area contributed by atoms with Crippen LogP contribution in [0.15, 0.2) is 78.0 Å². The largest absolute Gasteiger partial charge is 0.497 e. The van der Waals surface area contributed by atoms with Crippen LogP contribution in [0.2, 0.25) is 0 Å². The molecule has 0 saturated heterocycles. The number of benzene rings is 3. The molecule has 37 heavy (non-hydrogen) atoms. The average Bonchev–Trinajstić information content (AvgIpc) is 3.31. The lowest BCUT2D eigenvalue weighted by atomic mass is 9.87. The lowest BCUT2D eigenvalue weighted by Crippen LogP contribution is -2.15. The van der Waals surface area contributed by atoms with Gasteiger partial charge in [-0.3, -0.25) is 9.36 Å². The molecule has 0 atom stereocenters. The number of para-hydroxylation sites is 1. The summed E-state index contributed by atoms with van der Waals surface area (Å²) in [4.78, 5) is 12.8. The van der Waals surface area contributed by atoms with E-state index in [9.17, 15) is 4.79 Å². The highest BCUT2D eigenvalue weighted by Gasteiger charge is 2.20. The molecular formula is C30H34N4O2S.